The molecule has 2 saturated carbocycles. The first-order chi connectivity index (χ1) is 11.9. The van der Waals surface area contributed by atoms with Crippen LogP contribution in [-0.4, -0.2) is 0 Å². The second-order valence-electron chi connectivity index (χ2n) is 8.03. The molecule has 0 aromatic rings. The second kappa shape index (κ2) is 12.1. The van der Waals surface area contributed by atoms with Crippen LogP contribution < -0.4 is 0 Å². The van der Waals surface area contributed by atoms with Gasteiger partial charge in [-0.05, 0) is 11.8 Å². The third-order valence-corrected chi connectivity index (χ3v) is 6.00. The van der Waals surface area contributed by atoms with E-state index in [0.717, 1.165) is 24.7 Å². The molecule has 4 rings (SSSR count). The van der Waals surface area contributed by atoms with Crippen LogP contribution in [-0.2, 0) is 21.7 Å². The third-order valence-electron chi connectivity index (χ3n) is 6.00. The summed E-state index contributed by atoms with van der Waals surface area (Å²) < 4.78 is 0. The van der Waals surface area contributed by atoms with Crippen molar-refractivity contribution in [2.75, 3.05) is 0 Å². The maximum atomic E-state index is 3.41. The SMILES string of the molecule is [C-]1=C(CC2CCCCC2)C=CC1.[C-]1=C(CC2CCCCC2)C=CC1.[H-].[H-].[Ti+2]. The fourth-order valence-corrected chi connectivity index (χ4v) is 4.59. The maximum absolute atomic E-state index is 3.41. The first-order valence-electron chi connectivity index (χ1n) is 10.4. The van der Waals surface area contributed by atoms with Gasteiger partial charge in [-0.1, -0.05) is 77.0 Å². The predicted octanol–water partition coefficient (Wildman–Crippen LogP) is 7.52. The van der Waals surface area contributed by atoms with Gasteiger partial charge in [0.05, 0.1) is 0 Å². The standard InChI is InChI=1S/2C12H17.Ti.2H/c2*1-2-6-11(7-3-1)10-12-8-4-5-9-12;;;/h2*4,8,11H,1-3,5-7,10H2;;;/q2*-1;+2;2*-1. The smallest absolute Gasteiger partial charge is 1.00 e. The van der Waals surface area contributed by atoms with Crippen LogP contribution in [0.4, 0.5) is 0 Å². The van der Waals surface area contributed by atoms with E-state index in [1.807, 2.05) is 0 Å². The number of hydrogen-bond acceptors (Lipinski definition) is 0. The van der Waals surface area contributed by atoms with Gasteiger partial charge >= 0.3 is 21.7 Å². The van der Waals surface area contributed by atoms with Gasteiger partial charge in [0.15, 0.2) is 0 Å². The van der Waals surface area contributed by atoms with E-state index >= 15 is 0 Å². The number of allylic oxidation sites excluding steroid dienone is 8. The third kappa shape index (κ3) is 7.84. The van der Waals surface area contributed by atoms with Crippen molar-refractivity contribution in [3.63, 3.8) is 0 Å². The monoisotopic (exact) mass is 372 g/mol. The molecule has 2 fully saturated rings. The molecule has 0 N–H and O–H groups in total. The van der Waals surface area contributed by atoms with Crippen LogP contribution in [0.15, 0.2) is 35.5 Å². The van der Waals surface area contributed by atoms with Crippen molar-refractivity contribution in [1.82, 2.24) is 0 Å². The van der Waals surface area contributed by atoms with Gasteiger partial charge in [0, 0.05) is 0 Å². The zero-order valence-corrected chi connectivity index (χ0v) is 17.4. The molecule has 0 aliphatic heterocycles. The fourth-order valence-electron chi connectivity index (χ4n) is 4.59. The molecular formula is C24H36Ti-2. The molecule has 4 aliphatic rings. The van der Waals surface area contributed by atoms with Gasteiger partial charge in [0.25, 0.3) is 0 Å². The summed E-state index contributed by atoms with van der Waals surface area (Å²) in [5.41, 5.74) is 2.95. The minimum atomic E-state index is 0. The first kappa shape index (κ1) is 21.0. The van der Waals surface area contributed by atoms with E-state index in [1.165, 1.54) is 88.2 Å². The van der Waals surface area contributed by atoms with Crippen LogP contribution in [0.1, 0.15) is 92.7 Å². The molecule has 0 spiro atoms. The van der Waals surface area contributed by atoms with Crippen molar-refractivity contribution in [2.24, 2.45) is 11.8 Å². The Balaban J connectivity index is 0.000000451. The number of hydrogen-bond donors (Lipinski definition) is 0. The van der Waals surface area contributed by atoms with Gasteiger partial charge < -0.3 is 2.85 Å². The summed E-state index contributed by atoms with van der Waals surface area (Å²) in [6.45, 7) is 0. The molecule has 138 valence electrons. The van der Waals surface area contributed by atoms with Crippen LogP contribution in [0, 0.1) is 24.0 Å². The molecular weight excluding hydrogens is 336 g/mol. The Bertz CT molecular complexity index is 447. The summed E-state index contributed by atoms with van der Waals surface area (Å²) in [6, 6.07) is 0. The Morgan fingerprint density at radius 2 is 1.08 bits per heavy atom. The van der Waals surface area contributed by atoms with Crippen molar-refractivity contribution in [1.29, 1.82) is 0 Å². The Morgan fingerprint density at radius 1 is 0.680 bits per heavy atom. The van der Waals surface area contributed by atoms with Crippen LogP contribution in [0.3, 0.4) is 0 Å². The topological polar surface area (TPSA) is 0 Å². The maximum Gasteiger partial charge on any atom is 2.00 e. The van der Waals surface area contributed by atoms with Crippen molar-refractivity contribution in [3.8, 4) is 0 Å². The average Bonchev–Trinajstić information content (AvgIpc) is 3.32. The van der Waals surface area contributed by atoms with E-state index in [9.17, 15) is 0 Å². The second-order valence-corrected chi connectivity index (χ2v) is 8.03. The zero-order chi connectivity index (χ0) is 16.5. The van der Waals surface area contributed by atoms with Crippen molar-refractivity contribution in [2.45, 2.75) is 89.9 Å². The summed E-state index contributed by atoms with van der Waals surface area (Å²) in [5.74, 6) is 1.95. The van der Waals surface area contributed by atoms with Gasteiger partial charge in [-0.2, -0.15) is 12.2 Å². The molecule has 0 nitrogen and oxygen atoms in total. The molecule has 25 heavy (non-hydrogen) atoms. The molecule has 0 unspecified atom stereocenters. The van der Waals surface area contributed by atoms with E-state index in [0.29, 0.717) is 0 Å². The summed E-state index contributed by atoms with van der Waals surface area (Å²) in [5, 5.41) is 0. The summed E-state index contributed by atoms with van der Waals surface area (Å²) in [6.07, 6.45) is 35.1. The van der Waals surface area contributed by atoms with E-state index in [1.54, 1.807) is 0 Å². The molecule has 1 heteroatoms. The summed E-state index contributed by atoms with van der Waals surface area (Å²) >= 11 is 0. The van der Waals surface area contributed by atoms with Crippen molar-refractivity contribution in [3.05, 3.63) is 47.6 Å². The van der Waals surface area contributed by atoms with Gasteiger partial charge in [0.2, 0.25) is 0 Å². The normalized spacial score (nSPS) is 23.5. The molecule has 0 bridgehead atoms. The minimum absolute atomic E-state index is 0. The molecule has 0 aromatic heterocycles. The van der Waals surface area contributed by atoms with E-state index in [4.69, 9.17) is 0 Å². The Hall–Kier alpha value is -0.326. The molecule has 0 aromatic carbocycles. The molecule has 0 atom stereocenters. The zero-order valence-electron chi connectivity index (χ0n) is 17.9. The summed E-state index contributed by atoms with van der Waals surface area (Å²) in [7, 11) is 0. The molecule has 0 radical (unpaired) electrons. The van der Waals surface area contributed by atoms with Crippen LogP contribution in [0.5, 0.6) is 0 Å². The van der Waals surface area contributed by atoms with Crippen molar-refractivity contribution >= 4 is 0 Å². The van der Waals surface area contributed by atoms with Gasteiger partial charge in [-0.15, -0.1) is 12.8 Å². The van der Waals surface area contributed by atoms with Gasteiger partial charge in [0.1, 0.15) is 0 Å². The predicted molar refractivity (Wildman–Crippen MR) is 106 cm³/mol. The van der Waals surface area contributed by atoms with E-state index in [-0.39, 0.29) is 24.6 Å². The Morgan fingerprint density at radius 3 is 1.40 bits per heavy atom. The number of rotatable bonds is 4. The van der Waals surface area contributed by atoms with Crippen molar-refractivity contribution < 1.29 is 24.6 Å². The van der Waals surface area contributed by atoms with Crippen LogP contribution in [0.2, 0.25) is 0 Å². The molecule has 0 heterocycles. The van der Waals surface area contributed by atoms with E-state index < -0.39 is 0 Å². The fraction of sp³-hybridized carbons (Fsp3) is 0.667. The Labute approximate surface area is 173 Å². The molecule has 0 saturated heterocycles. The van der Waals surface area contributed by atoms with E-state index in [2.05, 4.69) is 36.5 Å². The van der Waals surface area contributed by atoms with Crippen LogP contribution in [0.25, 0.3) is 0 Å². The van der Waals surface area contributed by atoms with Gasteiger partial charge in [-0.3, -0.25) is 12.2 Å². The minimum Gasteiger partial charge on any atom is -1.00 e. The molecule has 4 aliphatic carbocycles. The quantitative estimate of drug-likeness (QED) is 0.354. The summed E-state index contributed by atoms with van der Waals surface area (Å²) in [4.78, 5) is 0. The largest absolute Gasteiger partial charge is 2.00 e. The Kier molecular flexibility index (Phi) is 10.2. The molecule has 0 amide bonds. The van der Waals surface area contributed by atoms with Gasteiger partial charge in [-0.25, -0.2) is 23.3 Å². The first-order valence-corrected chi connectivity index (χ1v) is 10.4. The average molecular weight is 372 g/mol. The van der Waals surface area contributed by atoms with Crippen LogP contribution >= 0.6 is 0 Å².